The molecule has 0 heterocycles. The van der Waals surface area contributed by atoms with E-state index in [1.165, 1.54) is 18.2 Å². The Kier molecular flexibility index (Phi) is 15.2. The van der Waals surface area contributed by atoms with Crippen LogP contribution >= 0.6 is 0 Å². The number of carbonyl (C=O) groups is 4. The van der Waals surface area contributed by atoms with Crippen LogP contribution < -0.4 is 19.5 Å². The van der Waals surface area contributed by atoms with E-state index in [2.05, 4.69) is 23.3 Å². The summed E-state index contributed by atoms with van der Waals surface area (Å²) in [6, 6.07) is 19.7. The Bertz CT molecular complexity index is 1620. The summed E-state index contributed by atoms with van der Waals surface area (Å²) in [5.41, 5.74) is 1.31. The van der Waals surface area contributed by atoms with Gasteiger partial charge in [0.25, 0.3) is 11.6 Å². The molecule has 3 aromatic rings. The fourth-order valence-electron chi connectivity index (χ4n) is 3.88. The number of hydrogen-bond acceptors (Lipinski definition) is 9. The maximum atomic E-state index is 12.7. The molecule has 248 valence electrons. The van der Waals surface area contributed by atoms with Crippen LogP contribution in [0.4, 0.5) is 5.69 Å². The summed E-state index contributed by atoms with van der Waals surface area (Å²) in [5.74, 6) is -0.636. The lowest BCUT2D eigenvalue weighted by Crippen LogP contribution is -2.12. The quantitative estimate of drug-likeness (QED) is 0.0502. The molecule has 0 fully saturated rings. The van der Waals surface area contributed by atoms with E-state index in [9.17, 15) is 19.2 Å². The Hall–Kier alpha value is -6.15. The molecule has 0 unspecified atom stereocenters. The average molecular weight is 653 g/mol. The molecule has 0 saturated carbocycles. The number of ether oxygens (including phenoxy) is 5. The highest BCUT2D eigenvalue weighted by molar-refractivity contribution is 6.04. The Labute approximate surface area is 279 Å². The van der Waals surface area contributed by atoms with E-state index in [4.69, 9.17) is 30.3 Å². The highest BCUT2D eigenvalue weighted by atomic mass is 16.5. The second-order valence-electron chi connectivity index (χ2n) is 9.96. The van der Waals surface area contributed by atoms with Crippen LogP contribution in [0.1, 0.15) is 41.6 Å². The molecule has 0 aliphatic carbocycles. The molecule has 3 aromatic carbocycles. The third-order valence-corrected chi connectivity index (χ3v) is 6.39. The maximum Gasteiger partial charge on any atom is 0.341 e. The van der Waals surface area contributed by atoms with Crippen molar-refractivity contribution in [1.82, 2.24) is 0 Å². The van der Waals surface area contributed by atoms with E-state index >= 15 is 0 Å². The van der Waals surface area contributed by atoms with Crippen molar-refractivity contribution in [2.75, 3.05) is 31.7 Å². The highest BCUT2D eigenvalue weighted by Gasteiger charge is 2.14. The smallest absolute Gasteiger partial charge is 0.341 e. The van der Waals surface area contributed by atoms with Crippen molar-refractivity contribution < 1.29 is 42.9 Å². The van der Waals surface area contributed by atoms with Crippen LogP contribution in [0.2, 0.25) is 0 Å². The molecule has 0 aliphatic rings. The summed E-state index contributed by atoms with van der Waals surface area (Å²) >= 11 is 0. The van der Waals surface area contributed by atoms with Gasteiger partial charge in [0.2, 0.25) is 0 Å². The number of unbranched alkanes of at least 4 members (excludes halogenated alkanes) is 2. The van der Waals surface area contributed by atoms with Gasteiger partial charge in [-0.3, -0.25) is 9.59 Å². The van der Waals surface area contributed by atoms with Crippen molar-refractivity contribution in [3.8, 4) is 17.2 Å². The van der Waals surface area contributed by atoms with Crippen molar-refractivity contribution in [3.05, 3.63) is 126 Å². The number of carbonyl (C=O) groups excluding carboxylic acids is 4. The molecule has 3 rings (SSSR count). The summed E-state index contributed by atoms with van der Waals surface area (Å²) in [4.78, 5) is 50.7. The van der Waals surface area contributed by atoms with E-state index in [0.29, 0.717) is 80.4 Å². The number of rotatable bonds is 19. The molecule has 0 saturated heterocycles. The normalized spacial score (nSPS) is 10.5. The van der Waals surface area contributed by atoms with Gasteiger partial charge in [0, 0.05) is 23.4 Å². The maximum absolute atomic E-state index is 12.7. The van der Waals surface area contributed by atoms with Gasteiger partial charge in [-0.25, -0.2) is 14.4 Å². The van der Waals surface area contributed by atoms with Gasteiger partial charge in [-0.2, -0.15) is 0 Å². The zero-order valence-electron chi connectivity index (χ0n) is 26.4. The lowest BCUT2D eigenvalue weighted by atomic mass is 10.2. The number of benzene rings is 3. The van der Waals surface area contributed by atoms with Crippen LogP contribution in [-0.4, -0.2) is 50.2 Å². The molecule has 11 heteroatoms. The third kappa shape index (κ3) is 13.1. The first-order chi connectivity index (χ1) is 23.3. The van der Waals surface area contributed by atoms with E-state index < -0.39 is 17.9 Å². The zero-order chi connectivity index (χ0) is 34.6. The predicted molar refractivity (Wildman–Crippen MR) is 179 cm³/mol. The molecule has 0 bridgehead atoms. The summed E-state index contributed by atoms with van der Waals surface area (Å²) < 4.78 is 26.5. The predicted octanol–water partition coefficient (Wildman–Crippen LogP) is 6.58. The topological polar surface area (TPSA) is 131 Å². The molecule has 1 amide bonds. The SMILES string of the molecule is [C-]#[N+]/C(=C\c1ccc(OCCCCOC(=O)C=C)cc1)C(=O)Oc1ccc(NC(=O)c2ccc(OCCCCOC(=O)C=C)cc2)cc1. The van der Waals surface area contributed by atoms with Crippen molar-refractivity contribution in [2.24, 2.45) is 0 Å². The van der Waals surface area contributed by atoms with Crippen molar-refractivity contribution >= 4 is 35.6 Å². The Balaban J connectivity index is 1.42. The highest BCUT2D eigenvalue weighted by Crippen LogP contribution is 2.21. The first-order valence-electron chi connectivity index (χ1n) is 15.1. The molecule has 0 spiro atoms. The lowest BCUT2D eigenvalue weighted by molar-refractivity contribution is -0.138. The first kappa shape index (κ1) is 36.3. The van der Waals surface area contributed by atoms with Crippen LogP contribution in [0.5, 0.6) is 17.2 Å². The van der Waals surface area contributed by atoms with Crippen LogP contribution in [0, 0.1) is 6.57 Å². The summed E-state index contributed by atoms with van der Waals surface area (Å²) in [7, 11) is 0. The van der Waals surface area contributed by atoms with Gasteiger partial charge >= 0.3 is 17.9 Å². The Morgan fingerprint density at radius 1 is 0.667 bits per heavy atom. The summed E-state index contributed by atoms with van der Waals surface area (Å²) in [6.07, 6.45) is 6.35. The standard InChI is InChI=1S/C37H36N2O9/c1-4-34(40)46-24-8-6-22-44-30-16-10-27(11-17-30)26-33(38-3)37(43)48-32-20-14-29(15-21-32)39-36(42)28-12-18-31(19-13-28)45-23-7-9-25-47-35(41)5-2/h4-5,10-21,26H,1-2,6-9,22-25H2,(H,39,42)/b33-26-. The van der Waals surface area contributed by atoms with E-state index in [1.54, 1.807) is 60.7 Å². The van der Waals surface area contributed by atoms with Gasteiger partial charge in [-0.1, -0.05) is 25.3 Å². The zero-order valence-corrected chi connectivity index (χ0v) is 26.4. The van der Waals surface area contributed by atoms with Gasteiger partial charge in [0.05, 0.1) is 33.0 Å². The molecule has 48 heavy (non-hydrogen) atoms. The molecule has 0 aromatic heterocycles. The van der Waals surface area contributed by atoms with E-state index in [-0.39, 0.29) is 17.4 Å². The van der Waals surface area contributed by atoms with Crippen LogP contribution in [0.15, 0.2) is 104 Å². The summed E-state index contributed by atoms with van der Waals surface area (Å²) in [5, 5.41) is 2.78. The average Bonchev–Trinajstić information content (AvgIpc) is 3.11. The molecule has 0 radical (unpaired) electrons. The number of amides is 1. The first-order valence-corrected chi connectivity index (χ1v) is 15.1. The van der Waals surface area contributed by atoms with Crippen molar-refractivity contribution in [3.63, 3.8) is 0 Å². The second kappa shape index (κ2) is 20.1. The van der Waals surface area contributed by atoms with Gasteiger partial charge in [0.1, 0.15) is 17.2 Å². The van der Waals surface area contributed by atoms with Crippen molar-refractivity contribution in [2.45, 2.75) is 25.7 Å². The van der Waals surface area contributed by atoms with Crippen LogP contribution in [0.3, 0.4) is 0 Å². The largest absolute Gasteiger partial charge is 0.494 e. The van der Waals surface area contributed by atoms with Gasteiger partial charge in [0.15, 0.2) is 0 Å². The molecule has 0 atom stereocenters. The van der Waals surface area contributed by atoms with Crippen molar-refractivity contribution in [1.29, 1.82) is 0 Å². The molecule has 0 aliphatic heterocycles. The van der Waals surface area contributed by atoms with Gasteiger partial charge in [-0.15, -0.1) is 0 Å². The molecular formula is C37H36N2O9. The number of hydrogen-bond donors (Lipinski definition) is 1. The molecule has 1 N–H and O–H groups in total. The third-order valence-electron chi connectivity index (χ3n) is 6.39. The van der Waals surface area contributed by atoms with E-state index in [0.717, 1.165) is 12.2 Å². The number of nitrogens with one attached hydrogen (secondary N) is 1. The fourth-order valence-corrected chi connectivity index (χ4v) is 3.88. The Morgan fingerprint density at radius 2 is 1.15 bits per heavy atom. The minimum Gasteiger partial charge on any atom is -0.494 e. The molecular weight excluding hydrogens is 616 g/mol. The lowest BCUT2D eigenvalue weighted by Gasteiger charge is -2.09. The Morgan fingerprint density at radius 3 is 1.65 bits per heavy atom. The van der Waals surface area contributed by atoms with Gasteiger partial charge in [-0.05, 0) is 98.0 Å². The van der Waals surface area contributed by atoms with Crippen LogP contribution in [-0.2, 0) is 23.9 Å². The van der Waals surface area contributed by atoms with Crippen LogP contribution in [0.25, 0.3) is 10.9 Å². The summed E-state index contributed by atoms with van der Waals surface area (Å²) in [6.45, 7) is 15.6. The van der Waals surface area contributed by atoms with Gasteiger partial charge < -0.3 is 29.0 Å². The van der Waals surface area contributed by atoms with E-state index in [1.807, 2.05) is 0 Å². The monoisotopic (exact) mass is 652 g/mol. The minimum absolute atomic E-state index is 0.205. The minimum atomic E-state index is -0.822. The molecule has 11 nitrogen and oxygen atoms in total. The number of nitrogens with zero attached hydrogens (tertiary/aromatic N) is 1. The second-order valence-corrected chi connectivity index (χ2v) is 9.96. The number of esters is 3. The fraction of sp³-hybridized carbons (Fsp3) is 0.216. The number of anilines is 1.